The molecule has 0 spiro atoms. The lowest BCUT2D eigenvalue weighted by Crippen LogP contribution is -2.03. The van der Waals surface area contributed by atoms with Crippen molar-refractivity contribution >= 4 is 128 Å². The Hall–Kier alpha value is -6.66. The summed E-state index contributed by atoms with van der Waals surface area (Å²) >= 11 is 3.56. The molecule has 4 heterocycles. The summed E-state index contributed by atoms with van der Waals surface area (Å²) in [7, 11) is 0. The molecular formula is C50H27N3S2. The predicted molar refractivity (Wildman–Crippen MR) is 238 cm³/mol. The van der Waals surface area contributed by atoms with E-state index in [1.807, 2.05) is 11.3 Å². The van der Waals surface area contributed by atoms with Crippen LogP contribution in [0.4, 0.5) is 0 Å². The van der Waals surface area contributed by atoms with Crippen LogP contribution in [-0.4, -0.2) is 14.5 Å². The topological polar surface area (TPSA) is 30.7 Å². The third-order valence-corrected chi connectivity index (χ3v) is 13.8. The summed E-state index contributed by atoms with van der Waals surface area (Å²) in [5.74, 6) is 0.844. The molecule has 0 atom stereocenters. The standard InChI is InChI=1S/C50H27N3S2/c1-2-12-30-28(11-1)22-25-39-45(30)46-40(26-24-37-33-15-4-3-13-31(33)32-14-5-6-17-36(32)44(37)46)53(39)49-47(52-50-48(51-49)38-18-8-10-20-42(38)55-50)29-21-23-35-34-16-7-9-19-41(34)54-43(35)27-29/h1-27H. The van der Waals surface area contributed by atoms with Gasteiger partial charge in [0.05, 0.1) is 11.0 Å². The second-order valence-corrected chi connectivity index (χ2v) is 16.6. The van der Waals surface area contributed by atoms with Crippen molar-refractivity contribution in [3.8, 4) is 17.1 Å². The summed E-state index contributed by atoms with van der Waals surface area (Å²) in [5, 5.41) is 16.2. The first-order chi connectivity index (χ1) is 27.3. The molecule has 0 unspecified atom stereocenters. The monoisotopic (exact) mass is 733 g/mol. The molecule has 0 radical (unpaired) electrons. The number of benzene rings is 9. The molecule has 3 nitrogen and oxygen atoms in total. The lowest BCUT2D eigenvalue weighted by atomic mass is 9.91. The maximum Gasteiger partial charge on any atom is 0.165 e. The molecule has 13 rings (SSSR count). The first kappa shape index (κ1) is 29.8. The second kappa shape index (κ2) is 11.0. The second-order valence-electron chi connectivity index (χ2n) is 14.4. The van der Waals surface area contributed by atoms with E-state index in [2.05, 4.69) is 168 Å². The van der Waals surface area contributed by atoms with Crippen LogP contribution in [-0.2, 0) is 0 Å². The van der Waals surface area contributed by atoms with Gasteiger partial charge in [0.15, 0.2) is 5.82 Å². The summed E-state index contributed by atoms with van der Waals surface area (Å²) in [6, 6.07) is 59.9. The summed E-state index contributed by atoms with van der Waals surface area (Å²) in [5.41, 5.74) is 5.13. The fraction of sp³-hybridized carbons (Fsp3) is 0. The highest BCUT2D eigenvalue weighted by Crippen LogP contribution is 2.47. The zero-order valence-corrected chi connectivity index (χ0v) is 30.9. The fourth-order valence-electron chi connectivity index (χ4n) is 9.23. The summed E-state index contributed by atoms with van der Waals surface area (Å²) in [4.78, 5) is 12.2. The number of hydrogen-bond acceptors (Lipinski definition) is 4. The lowest BCUT2D eigenvalue weighted by molar-refractivity contribution is 1.09. The fourth-order valence-corrected chi connectivity index (χ4v) is 11.4. The van der Waals surface area contributed by atoms with Gasteiger partial charge in [0.1, 0.15) is 16.0 Å². The van der Waals surface area contributed by atoms with Gasteiger partial charge in [-0.1, -0.05) is 133 Å². The molecule has 0 saturated heterocycles. The van der Waals surface area contributed by atoms with Crippen LogP contribution in [0.1, 0.15) is 0 Å². The zero-order valence-electron chi connectivity index (χ0n) is 29.2. The van der Waals surface area contributed by atoms with Crippen molar-refractivity contribution in [1.82, 2.24) is 14.5 Å². The first-order valence-corrected chi connectivity index (χ1v) is 20.2. The van der Waals surface area contributed by atoms with Gasteiger partial charge >= 0.3 is 0 Å². The Morgan fingerprint density at radius 2 is 0.945 bits per heavy atom. The summed E-state index contributed by atoms with van der Waals surface area (Å²) < 4.78 is 6.14. The highest BCUT2D eigenvalue weighted by atomic mass is 32.1. The Bertz CT molecular complexity index is 3760. The Morgan fingerprint density at radius 3 is 1.75 bits per heavy atom. The Kier molecular flexibility index (Phi) is 5.93. The lowest BCUT2D eigenvalue weighted by Gasteiger charge is -2.14. The minimum atomic E-state index is 0.844. The van der Waals surface area contributed by atoms with Gasteiger partial charge in [-0.25, -0.2) is 9.97 Å². The quantitative estimate of drug-likeness (QED) is 0.166. The Labute approximate surface area is 322 Å². The first-order valence-electron chi connectivity index (χ1n) is 18.6. The van der Waals surface area contributed by atoms with E-state index >= 15 is 0 Å². The van der Waals surface area contributed by atoms with Gasteiger partial charge in [0.2, 0.25) is 0 Å². The highest BCUT2D eigenvalue weighted by molar-refractivity contribution is 7.26. The van der Waals surface area contributed by atoms with E-state index in [1.54, 1.807) is 11.3 Å². The molecule has 0 aliphatic rings. The van der Waals surface area contributed by atoms with Gasteiger partial charge in [-0.3, -0.25) is 4.57 Å². The average Bonchev–Trinajstić information content (AvgIpc) is 3.92. The molecule has 0 bridgehead atoms. The van der Waals surface area contributed by atoms with Crippen LogP contribution >= 0.6 is 22.7 Å². The van der Waals surface area contributed by atoms with E-state index < -0.39 is 0 Å². The van der Waals surface area contributed by atoms with E-state index in [9.17, 15) is 0 Å². The third kappa shape index (κ3) is 4.03. The van der Waals surface area contributed by atoms with E-state index in [0.717, 1.165) is 43.8 Å². The Morgan fingerprint density at radius 1 is 0.382 bits per heavy atom. The normalized spacial score (nSPS) is 12.4. The predicted octanol–water partition coefficient (Wildman–Crippen LogP) is 14.6. The van der Waals surface area contributed by atoms with E-state index in [4.69, 9.17) is 9.97 Å². The highest BCUT2D eigenvalue weighted by Gasteiger charge is 2.25. The van der Waals surface area contributed by atoms with Crippen LogP contribution < -0.4 is 0 Å². The summed E-state index contributed by atoms with van der Waals surface area (Å²) in [6.45, 7) is 0. The van der Waals surface area contributed by atoms with Gasteiger partial charge < -0.3 is 0 Å². The minimum Gasteiger partial charge on any atom is -0.292 e. The van der Waals surface area contributed by atoms with Crippen LogP contribution in [0.25, 0.3) is 123 Å². The summed E-state index contributed by atoms with van der Waals surface area (Å²) in [6.07, 6.45) is 0. The maximum atomic E-state index is 5.69. The molecule has 0 amide bonds. The number of hydrogen-bond donors (Lipinski definition) is 0. The van der Waals surface area contributed by atoms with Crippen LogP contribution in [0.2, 0.25) is 0 Å². The van der Waals surface area contributed by atoms with E-state index in [1.165, 1.54) is 78.7 Å². The number of aromatic nitrogens is 3. The molecular weight excluding hydrogens is 707 g/mol. The maximum absolute atomic E-state index is 5.69. The van der Waals surface area contributed by atoms with Gasteiger partial charge in [-0.15, -0.1) is 22.7 Å². The number of nitrogens with zero attached hydrogens (tertiary/aromatic N) is 3. The van der Waals surface area contributed by atoms with Crippen molar-refractivity contribution < 1.29 is 0 Å². The van der Waals surface area contributed by atoms with Crippen molar-refractivity contribution in [2.45, 2.75) is 0 Å². The molecule has 55 heavy (non-hydrogen) atoms. The van der Waals surface area contributed by atoms with Crippen molar-refractivity contribution in [3.63, 3.8) is 0 Å². The van der Waals surface area contributed by atoms with Gasteiger partial charge in [-0.05, 0) is 68.0 Å². The average molecular weight is 734 g/mol. The molecule has 0 aliphatic carbocycles. The number of rotatable bonds is 2. The van der Waals surface area contributed by atoms with Gasteiger partial charge in [0, 0.05) is 52.0 Å². The Balaban J connectivity index is 1.24. The minimum absolute atomic E-state index is 0.844. The number of thiophene rings is 2. The smallest absolute Gasteiger partial charge is 0.165 e. The molecule has 5 heteroatoms. The molecule has 0 N–H and O–H groups in total. The third-order valence-electron chi connectivity index (χ3n) is 11.6. The van der Waals surface area contributed by atoms with Crippen molar-refractivity contribution in [2.75, 3.05) is 0 Å². The van der Waals surface area contributed by atoms with Crippen LogP contribution in [0.5, 0.6) is 0 Å². The van der Waals surface area contributed by atoms with Crippen LogP contribution in [0.3, 0.4) is 0 Å². The van der Waals surface area contributed by atoms with Gasteiger partial charge in [-0.2, -0.15) is 0 Å². The van der Waals surface area contributed by atoms with Crippen LogP contribution in [0.15, 0.2) is 164 Å². The largest absolute Gasteiger partial charge is 0.292 e. The molecule has 0 saturated carbocycles. The van der Waals surface area contributed by atoms with Crippen molar-refractivity contribution in [1.29, 1.82) is 0 Å². The van der Waals surface area contributed by atoms with Crippen molar-refractivity contribution in [3.05, 3.63) is 164 Å². The van der Waals surface area contributed by atoms with E-state index in [0.29, 0.717) is 0 Å². The van der Waals surface area contributed by atoms with Crippen LogP contribution in [0, 0.1) is 0 Å². The van der Waals surface area contributed by atoms with Gasteiger partial charge in [0.25, 0.3) is 0 Å². The molecule has 0 aliphatic heterocycles. The van der Waals surface area contributed by atoms with Crippen molar-refractivity contribution in [2.24, 2.45) is 0 Å². The molecule has 254 valence electrons. The molecule has 0 fully saturated rings. The van der Waals surface area contributed by atoms with E-state index in [-0.39, 0.29) is 0 Å². The number of fused-ring (bicyclic) bond motifs is 18. The molecule has 4 aromatic heterocycles. The molecule has 9 aromatic carbocycles. The SMILES string of the molecule is c1ccc2c(c1)ccc1c2c2c3c4ccccc4c4ccccc4c3ccc2n1-c1nc2c(nc1-c1ccc3c(c1)sc1ccccc13)sc1ccccc12. The zero-order chi connectivity index (χ0) is 35.8. The molecule has 13 aromatic rings.